The first kappa shape index (κ1) is 26.9. The van der Waals surface area contributed by atoms with Gasteiger partial charge in [0, 0.05) is 12.1 Å². The summed E-state index contributed by atoms with van der Waals surface area (Å²) in [5, 5.41) is 42.7. The van der Waals surface area contributed by atoms with Crippen molar-refractivity contribution in [3.63, 3.8) is 0 Å². The van der Waals surface area contributed by atoms with Gasteiger partial charge in [0.2, 0.25) is 0 Å². The number of unbranched alkanes of at least 4 members (excludes halogenated alkanes) is 3. The van der Waals surface area contributed by atoms with Gasteiger partial charge in [-0.2, -0.15) is 0 Å². The number of aliphatic carboxylic acids is 1. The van der Waals surface area contributed by atoms with Crippen LogP contribution in [0.3, 0.4) is 0 Å². The lowest BCUT2D eigenvalue weighted by Gasteiger charge is -2.24. The summed E-state index contributed by atoms with van der Waals surface area (Å²) in [6.45, 7) is 0. The molecule has 1 fully saturated rings. The van der Waals surface area contributed by atoms with Gasteiger partial charge in [0.1, 0.15) is 6.10 Å². The van der Waals surface area contributed by atoms with E-state index >= 15 is 0 Å². The van der Waals surface area contributed by atoms with Crippen LogP contribution in [0.15, 0.2) is 54.6 Å². The molecule has 190 valence electrons. The van der Waals surface area contributed by atoms with Crippen molar-refractivity contribution in [2.24, 2.45) is 11.8 Å². The van der Waals surface area contributed by atoms with Crippen molar-refractivity contribution in [1.29, 1.82) is 0 Å². The molecule has 7 heteroatoms. The van der Waals surface area contributed by atoms with E-state index in [1.165, 1.54) is 0 Å². The van der Waals surface area contributed by atoms with Crippen molar-refractivity contribution >= 4 is 17.6 Å². The number of aliphatic hydroxyl groups is 3. The average Bonchev–Trinajstić information content (AvgIpc) is 3.12. The molecule has 0 radical (unpaired) electrons. The molecule has 1 saturated carbocycles. The maximum Gasteiger partial charge on any atom is 0.303 e. The van der Waals surface area contributed by atoms with Gasteiger partial charge < -0.3 is 25.7 Å². The van der Waals surface area contributed by atoms with Gasteiger partial charge in [0.15, 0.2) is 0 Å². The van der Waals surface area contributed by atoms with Crippen LogP contribution >= 0.6 is 0 Å². The highest BCUT2D eigenvalue weighted by atomic mass is 16.4. The Balaban J connectivity index is 1.44. The summed E-state index contributed by atoms with van der Waals surface area (Å²) >= 11 is 0. The number of benzene rings is 2. The van der Waals surface area contributed by atoms with Crippen LogP contribution in [0.25, 0.3) is 11.1 Å². The standard InChI is InChI=1S/C28H37NO6/c30-24(28(35)29-21-14-12-20(13-15-21)19-8-4-3-5-9-19)17-16-23-22(25(31)18-26(23)32)10-6-1-2-7-11-27(33)34/h3-5,8-9,12-15,22-26,30-32H,1-2,6-7,10-11,16-18H2,(H,29,35)(H,33,34)/t22-,23?,24?,25+,26-/m1/s1. The second kappa shape index (κ2) is 13.4. The third kappa shape index (κ3) is 8.16. The van der Waals surface area contributed by atoms with Crippen molar-refractivity contribution in [2.45, 2.75) is 76.1 Å². The zero-order valence-electron chi connectivity index (χ0n) is 20.1. The summed E-state index contributed by atoms with van der Waals surface area (Å²) < 4.78 is 0. The molecule has 2 aromatic rings. The van der Waals surface area contributed by atoms with Gasteiger partial charge in [-0.05, 0) is 67.2 Å². The first-order valence-corrected chi connectivity index (χ1v) is 12.6. The fourth-order valence-corrected chi connectivity index (χ4v) is 5.07. The Labute approximate surface area is 206 Å². The minimum absolute atomic E-state index is 0.0785. The topological polar surface area (TPSA) is 127 Å². The van der Waals surface area contributed by atoms with Crippen molar-refractivity contribution in [1.82, 2.24) is 0 Å². The van der Waals surface area contributed by atoms with Crippen molar-refractivity contribution in [3.8, 4) is 11.1 Å². The Morgan fingerprint density at radius 1 is 0.829 bits per heavy atom. The number of aliphatic hydroxyl groups excluding tert-OH is 3. The molecule has 0 bridgehead atoms. The monoisotopic (exact) mass is 483 g/mol. The van der Waals surface area contributed by atoms with E-state index in [-0.39, 0.29) is 24.7 Å². The summed E-state index contributed by atoms with van der Waals surface area (Å²) in [5.41, 5.74) is 2.72. The molecule has 0 aromatic heterocycles. The van der Waals surface area contributed by atoms with Crippen LogP contribution in [-0.2, 0) is 9.59 Å². The Bertz CT molecular complexity index is 932. The summed E-state index contributed by atoms with van der Waals surface area (Å²) in [5.74, 6) is -1.52. The lowest BCUT2D eigenvalue weighted by atomic mass is 9.85. The Hall–Kier alpha value is -2.74. The lowest BCUT2D eigenvalue weighted by Crippen LogP contribution is -2.30. The normalized spacial score (nSPS) is 22.6. The number of carboxylic acid groups (broad SMARTS) is 1. The van der Waals surface area contributed by atoms with E-state index in [1.807, 2.05) is 42.5 Å². The van der Waals surface area contributed by atoms with Crippen LogP contribution in [0.5, 0.6) is 0 Å². The molecule has 1 aliphatic rings. The first-order valence-electron chi connectivity index (χ1n) is 12.6. The van der Waals surface area contributed by atoms with E-state index in [4.69, 9.17) is 5.11 Å². The van der Waals surface area contributed by atoms with Crippen LogP contribution in [0.4, 0.5) is 5.69 Å². The van der Waals surface area contributed by atoms with Crippen LogP contribution in [0.1, 0.15) is 57.8 Å². The number of nitrogens with one attached hydrogen (secondary N) is 1. The molecule has 2 unspecified atom stereocenters. The van der Waals surface area contributed by atoms with Gasteiger partial charge in [-0.3, -0.25) is 9.59 Å². The van der Waals surface area contributed by atoms with Crippen LogP contribution in [0.2, 0.25) is 0 Å². The SMILES string of the molecule is O=C(O)CCCCCC[C@@H]1C(CCC(O)C(=O)Nc2ccc(-c3ccccc3)cc2)[C@H](O)C[C@@H]1O. The lowest BCUT2D eigenvalue weighted by molar-refractivity contribution is -0.137. The summed E-state index contributed by atoms with van der Waals surface area (Å²) in [7, 11) is 0. The Morgan fingerprint density at radius 3 is 2.09 bits per heavy atom. The quantitative estimate of drug-likeness (QED) is 0.272. The highest BCUT2D eigenvalue weighted by Crippen LogP contribution is 2.39. The molecule has 5 atom stereocenters. The molecule has 1 amide bonds. The number of anilines is 1. The number of rotatable bonds is 13. The fraction of sp³-hybridized carbons (Fsp3) is 0.500. The number of hydrogen-bond acceptors (Lipinski definition) is 5. The highest BCUT2D eigenvalue weighted by Gasteiger charge is 2.41. The number of carboxylic acids is 1. The number of carbonyl (C=O) groups excluding carboxylic acids is 1. The first-order chi connectivity index (χ1) is 16.8. The van der Waals surface area contributed by atoms with E-state index in [0.29, 0.717) is 24.9 Å². The third-order valence-electron chi connectivity index (χ3n) is 7.04. The Kier molecular flexibility index (Phi) is 10.3. The van der Waals surface area contributed by atoms with Crippen LogP contribution in [0, 0.1) is 11.8 Å². The summed E-state index contributed by atoms with van der Waals surface area (Å²) in [6, 6.07) is 17.4. The maximum atomic E-state index is 12.5. The average molecular weight is 484 g/mol. The van der Waals surface area contributed by atoms with Gasteiger partial charge in [-0.15, -0.1) is 0 Å². The zero-order valence-corrected chi connectivity index (χ0v) is 20.1. The molecule has 2 aromatic carbocycles. The van der Waals surface area contributed by atoms with Gasteiger partial charge in [-0.25, -0.2) is 0 Å². The molecule has 35 heavy (non-hydrogen) atoms. The molecular formula is C28H37NO6. The van der Waals surface area contributed by atoms with E-state index in [0.717, 1.165) is 36.8 Å². The molecule has 0 saturated heterocycles. The molecule has 7 nitrogen and oxygen atoms in total. The van der Waals surface area contributed by atoms with Crippen molar-refractivity contribution < 1.29 is 30.0 Å². The van der Waals surface area contributed by atoms with Gasteiger partial charge >= 0.3 is 5.97 Å². The minimum Gasteiger partial charge on any atom is -0.481 e. The number of amides is 1. The van der Waals surface area contributed by atoms with Crippen molar-refractivity contribution in [2.75, 3.05) is 5.32 Å². The van der Waals surface area contributed by atoms with Gasteiger partial charge in [0.05, 0.1) is 12.2 Å². The minimum atomic E-state index is -1.20. The predicted octanol–water partition coefficient (Wildman–Crippen LogP) is 4.22. The number of carbonyl (C=O) groups is 2. The van der Waals surface area contributed by atoms with Gasteiger partial charge in [-0.1, -0.05) is 61.7 Å². The maximum absolute atomic E-state index is 12.5. The van der Waals surface area contributed by atoms with Crippen LogP contribution in [-0.4, -0.2) is 50.6 Å². The summed E-state index contributed by atoms with van der Waals surface area (Å²) in [4.78, 5) is 23.1. The predicted molar refractivity (Wildman–Crippen MR) is 135 cm³/mol. The molecule has 1 aliphatic carbocycles. The smallest absolute Gasteiger partial charge is 0.303 e. The molecule has 0 heterocycles. The van der Waals surface area contributed by atoms with E-state index in [9.17, 15) is 24.9 Å². The zero-order chi connectivity index (χ0) is 25.2. The third-order valence-corrected chi connectivity index (χ3v) is 7.04. The molecule has 0 aliphatic heterocycles. The highest BCUT2D eigenvalue weighted by molar-refractivity contribution is 5.94. The molecule has 3 rings (SSSR count). The van der Waals surface area contributed by atoms with Crippen molar-refractivity contribution in [3.05, 3.63) is 54.6 Å². The van der Waals surface area contributed by atoms with Gasteiger partial charge in [0.25, 0.3) is 5.91 Å². The van der Waals surface area contributed by atoms with E-state index < -0.39 is 30.2 Å². The van der Waals surface area contributed by atoms with E-state index in [1.54, 1.807) is 12.1 Å². The largest absolute Gasteiger partial charge is 0.481 e. The second-order valence-electron chi connectivity index (χ2n) is 9.57. The fourth-order valence-electron chi connectivity index (χ4n) is 5.07. The van der Waals surface area contributed by atoms with Crippen LogP contribution < -0.4 is 5.32 Å². The molecule has 0 spiro atoms. The summed E-state index contributed by atoms with van der Waals surface area (Å²) in [6.07, 6.45) is 2.64. The Morgan fingerprint density at radius 2 is 1.43 bits per heavy atom. The number of hydrogen-bond donors (Lipinski definition) is 5. The van der Waals surface area contributed by atoms with E-state index in [2.05, 4.69) is 5.32 Å². The molecular weight excluding hydrogens is 446 g/mol. The molecule has 5 N–H and O–H groups in total. The second-order valence-corrected chi connectivity index (χ2v) is 9.57.